The summed E-state index contributed by atoms with van der Waals surface area (Å²) in [5, 5.41) is 11.5. The third-order valence-corrected chi connectivity index (χ3v) is 6.28. The lowest BCUT2D eigenvalue weighted by Gasteiger charge is -2.37. The number of likely N-dealkylation sites (N-methyl/N-ethyl adjacent to an activating group) is 1. The summed E-state index contributed by atoms with van der Waals surface area (Å²) < 4.78 is 0. The van der Waals surface area contributed by atoms with Gasteiger partial charge in [-0.15, -0.1) is 11.3 Å². The number of carbonyl (C=O) groups excluding carboxylic acids is 1. The third kappa shape index (κ3) is 3.97. The minimum atomic E-state index is -0.181. The largest absolute Gasteiger partial charge is 0.339 e. The number of nitriles is 1. The van der Waals surface area contributed by atoms with E-state index < -0.39 is 0 Å². The van der Waals surface area contributed by atoms with E-state index in [1.807, 2.05) is 22.4 Å². The number of piperazine rings is 1. The van der Waals surface area contributed by atoms with Crippen molar-refractivity contribution in [3.05, 3.63) is 22.4 Å². The molecule has 1 saturated heterocycles. The molecule has 1 aromatic rings. The first-order valence-corrected chi connectivity index (χ1v) is 9.63. The molecule has 1 aromatic heterocycles. The monoisotopic (exact) mass is 346 g/mol. The van der Waals surface area contributed by atoms with Crippen LogP contribution < -0.4 is 0 Å². The Balaban J connectivity index is 1.49. The highest BCUT2D eigenvalue weighted by Crippen LogP contribution is 2.34. The highest BCUT2D eigenvalue weighted by atomic mass is 32.1. The number of amides is 1. The Morgan fingerprint density at radius 3 is 2.67 bits per heavy atom. The Labute approximate surface area is 148 Å². The number of hydrogen-bond donors (Lipinski definition) is 0. The predicted octanol–water partition coefficient (Wildman–Crippen LogP) is 2.19. The fourth-order valence-corrected chi connectivity index (χ4v) is 4.20. The van der Waals surface area contributed by atoms with Crippen LogP contribution in [0, 0.1) is 17.2 Å². The average Bonchev–Trinajstić information content (AvgIpc) is 3.31. The van der Waals surface area contributed by atoms with Crippen molar-refractivity contribution in [2.75, 3.05) is 39.8 Å². The molecule has 3 rings (SSSR count). The fourth-order valence-electron chi connectivity index (χ4n) is 3.40. The zero-order valence-corrected chi connectivity index (χ0v) is 15.3. The summed E-state index contributed by atoms with van der Waals surface area (Å²) in [4.78, 5) is 20.0. The van der Waals surface area contributed by atoms with Crippen LogP contribution in [0.2, 0.25) is 0 Å². The quantitative estimate of drug-likeness (QED) is 0.792. The Hall–Kier alpha value is -1.42. The smallest absolute Gasteiger partial charge is 0.236 e. The molecule has 2 atom stereocenters. The van der Waals surface area contributed by atoms with E-state index in [4.69, 9.17) is 0 Å². The average molecular weight is 347 g/mol. The number of rotatable bonds is 6. The third-order valence-electron chi connectivity index (χ3n) is 5.35. The van der Waals surface area contributed by atoms with Crippen LogP contribution in [-0.2, 0) is 4.79 Å². The first kappa shape index (κ1) is 17.4. The van der Waals surface area contributed by atoms with Gasteiger partial charge in [0.1, 0.15) is 6.04 Å². The SMILES string of the molecule is C[C@H](C1CC1)N(C)CC(=O)N1CCN([C@@H](C#N)c2cccs2)CC1. The predicted molar refractivity (Wildman–Crippen MR) is 95.6 cm³/mol. The van der Waals surface area contributed by atoms with Crippen LogP contribution in [-0.4, -0.2) is 66.4 Å². The maximum Gasteiger partial charge on any atom is 0.236 e. The van der Waals surface area contributed by atoms with Crippen molar-refractivity contribution in [1.82, 2.24) is 14.7 Å². The number of carbonyl (C=O) groups is 1. The van der Waals surface area contributed by atoms with Gasteiger partial charge in [-0.1, -0.05) is 6.07 Å². The second kappa shape index (κ2) is 7.64. The molecule has 0 spiro atoms. The van der Waals surface area contributed by atoms with Crippen molar-refractivity contribution in [2.45, 2.75) is 31.8 Å². The van der Waals surface area contributed by atoms with E-state index >= 15 is 0 Å². The normalized spacial score (nSPS) is 21.5. The molecule has 0 unspecified atom stereocenters. The summed E-state index contributed by atoms with van der Waals surface area (Å²) >= 11 is 1.63. The van der Waals surface area contributed by atoms with Crippen molar-refractivity contribution >= 4 is 17.2 Å². The Morgan fingerprint density at radius 1 is 1.42 bits per heavy atom. The number of hydrogen-bond acceptors (Lipinski definition) is 5. The number of nitrogens with zero attached hydrogens (tertiary/aromatic N) is 4. The first-order valence-electron chi connectivity index (χ1n) is 8.75. The van der Waals surface area contributed by atoms with E-state index in [0.29, 0.717) is 25.7 Å². The molecule has 24 heavy (non-hydrogen) atoms. The van der Waals surface area contributed by atoms with Gasteiger partial charge in [0.05, 0.1) is 12.6 Å². The number of thiophene rings is 1. The fraction of sp³-hybridized carbons (Fsp3) is 0.667. The van der Waals surface area contributed by atoms with Gasteiger partial charge in [-0.3, -0.25) is 14.6 Å². The summed E-state index contributed by atoms with van der Waals surface area (Å²) in [5.74, 6) is 0.996. The van der Waals surface area contributed by atoms with Crippen molar-refractivity contribution in [2.24, 2.45) is 5.92 Å². The molecule has 130 valence electrons. The Morgan fingerprint density at radius 2 is 2.12 bits per heavy atom. The summed E-state index contributed by atoms with van der Waals surface area (Å²) in [5.41, 5.74) is 0. The van der Waals surface area contributed by atoms with Crippen LogP contribution in [0.15, 0.2) is 17.5 Å². The van der Waals surface area contributed by atoms with Gasteiger partial charge >= 0.3 is 0 Å². The lowest BCUT2D eigenvalue weighted by atomic mass is 10.1. The van der Waals surface area contributed by atoms with Crippen LogP contribution in [0.1, 0.15) is 30.7 Å². The molecule has 1 amide bonds. The van der Waals surface area contributed by atoms with Crippen LogP contribution in [0.4, 0.5) is 0 Å². The molecule has 0 radical (unpaired) electrons. The molecular weight excluding hydrogens is 320 g/mol. The van der Waals surface area contributed by atoms with E-state index in [-0.39, 0.29) is 11.9 Å². The molecule has 1 saturated carbocycles. The van der Waals surface area contributed by atoms with Crippen molar-refractivity contribution in [3.63, 3.8) is 0 Å². The highest BCUT2D eigenvalue weighted by molar-refractivity contribution is 7.10. The van der Waals surface area contributed by atoms with Crippen LogP contribution >= 0.6 is 11.3 Å². The van der Waals surface area contributed by atoms with Gasteiger partial charge in [0.2, 0.25) is 5.91 Å². The lowest BCUT2D eigenvalue weighted by Crippen LogP contribution is -2.52. The summed E-state index contributed by atoms with van der Waals surface area (Å²) in [7, 11) is 2.06. The van der Waals surface area contributed by atoms with E-state index in [9.17, 15) is 10.1 Å². The maximum atomic E-state index is 12.5. The standard InChI is InChI=1S/C18H26N4OS/c1-14(15-5-6-15)20(2)13-18(23)22-9-7-21(8-10-22)16(12-19)17-4-3-11-24-17/h3-4,11,14-16H,5-10,13H2,1-2H3/t14-,16+/m1/s1. The van der Waals surface area contributed by atoms with Gasteiger partial charge in [0, 0.05) is 37.1 Å². The maximum absolute atomic E-state index is 12.5. The minimum absolute atomic E-state index is 0.181. The van der Waals surface area contributed by atoms with E-state index in [2.05, 4.69) is 29.8 Å². The highest BCUT2D eigenvalue weighted by Gasteiger charge is 2.32. The lowest BCUT2D eigenvalue weighted by molar-refractivity contribution is -0.134. The Kier molecular flexibility index (Phi) is 5.54. The second-order valence-corrected chi connectivity index (χ2v) is 7.94. The summed E-state index contributed by atoms with van der Waals surface area (Å²) in [6.45, 7) is 5.70. The van der Waals surface area contributed by atoms with Crippen molar-refractivity contribution in [3.8, 4) is 6.07 Å². The zero-order chi connectivity index (χ0) is 17.1. The van der Waals surface area contributed by atoms with Gasteiger partial charge < -0.3 is 4.90 Å². The molecule has 6 heteroatoms. The van der Waals surface area contributed by atoms with E-state index in [1.54, 1.807) is 11.3 Å². The molecule has 1 aliphatic carbocycles. The summed E-state index contributed by atoms with van der Waals surface area (Å²) in [6, 6.07) is 6.73. The van der Waals surface area contributed by atoms with Gasteiger partial charge in [-0.25, -0.2) is 0 Å². The van der Waals surface area contributed by atoms with Crippen molar-refractivity contribution in [1.29, 1.82) is 5.26 Å². The van der Waals surface area contributed by atoms with Gasteiger partial charge in [-0.2, -0.15) is 5.26 Å². The molecule has 2 aliphatic rings. The molecule has 0 aromatic carbocycles. The summed E-state index contributed by atoms with van der Waals surface area (Å²) in [6.07, 6.45) is 2.60. The molecule has 1 aliphatic heterocycles. The molecule has 2 heterocycles. The van der Waals surface area contributed by atoms with Gasteiger partial charge in [0.25, 0.3) is 0 Å². The second-order valence-electron chi connectivity index (χ2n) is 6.96. The zero-order valence-electron chi connectivity index (χ0n) is 14.5. The topological polar surface area (TPSA) is 50.6 Å². The Bertz CT molecular complexity index is 585. The van der Waals surface area contributed by atoms with Gasteiger partial charge in [-0.05, 0) is 44.2 Å². The minimum Gasteiger partial charge on any atom is -0.339 e. The molecule has 2 fully saturated rings. The van der Waals surface area contributed by atoms with Crippen LogP contribution in [0.5, 0.6) is 0 Å². The van der Waals surface area contributed by atoms with Gasteiger partial charge in [0.15, 0.2) is 0 Å². The first-order chi connectivity index (χ1) is 11.6. The molecule has 5 nitrogen and oxygen atoms in total. The van der Waals surface area contributed by atoms with Crippen molar-refractivity contribution < 1.29 is 4.79 Å². The van der Waals surface area contributed by atoms with Crippen LogP contribution in [0.25, 0.3) is 0 Å². The molecule has 0 N–H and O–H groups in total. The molecule has 0 bridgehead atoms. The van der Waals surface area contributed by atoms with Crippen LogP contribution in [0.3, 0.4) is 0 Å². The van der Waals surface area contributed by atoms with E-state index in [1.165, 1.54) is 12.8 Å². The van der Waals surface area contributed by atoms with E-state index in [0.717, 1.165) is 23.9 Å². The molecular formula is C18H26N4OS.